The van der Waals surface area contributed by atoms with Crippen LogP contribution in [0.3, 0.4) is 0 Å². The quantitative estimate of drug-likeness (QED) is 0.894. The van der Waals surface area contributed by atoms with Gasteiger partial charge in [-0.1, -0.05) is 6.92 Å². The Hall–Kier alpha value is -0.320. The lowest BCUT2D eigenvalue weighted by atomic mass is 9.80. The Morgan fingerprint density at radius 2 is 2.05 bits per heavy atom. The smallest absolute Gasteiger partial charge is 0.169 e. The summed E-state index contributed by atoms with van der Waals surface area (Å²) in [5, 5.41) is 3.55. The van der Waals surface area contributed by atoms with Crippen LogP contribution in [0.4, 0.5) is 0 Å². The van der Waals surface area contributed by atoms with E-state index in [0.717, 1.165) is 23.4 Å². The van der Waals surface area contributed by atoms with E-state index in [1.54, 1.807) is 0 Å². The molecule has 0 spiro atoms. The third-order valence-electron chi connectivity index (χ3n) is 3.87. The van der Waals surface area contributed by atoms with Crippen LogP contribution in [0.5, 0.6) is 0 Å². The van der Waals surface area contributed by atoms with Crippen LogP contribution in [0.25, 0.3) is 0 Å². The maximum absolute atomic E-state index is 6.21. The number of nitrogens with one attached hydrogen (secondary N) is 1. The molecule has 1 aromatic rings. The standard InChI is InChI=1S/C15H24BrNO2/c1-6-17-13(11-7-8-12(16)18-11)10-9-14(2,3)19-15(10,4)5/h7-8,10,13,17H,6,9H2,1-5H3. The van der Waals surface area contributed by atoms with Crippen LogP contribution in [0.2, 0.25) is 0 Å². The summed E-state index contributed by atoms with van der Waals surface area (Å²) in [6, 6.07) is 4.18. The van der Waals surface area contributed by atoms with Crippen molar-refractivity contribution in [1.82, 2.24) is 5.32 Å². The normalized spacial score (nSPS) is 26.5. The van der Waals surface area contributed by atoms with Gasteiger partial charge in [-0.2, -0.15) is 0 Å². The molecule has 0 aliphatic carbocycles. The van der Waals surface area contributed by atoms with Crippen LogP contribution in [-0.4, -0.2) is 17.7 Å². The van der Waals surface area contributed by atoms with Crippen molar-refractivity contribution in [2.24, 2.45) is 5.92 Å². The summed E-state index contributed by atoms with van der Waals surface area (Å²) in [6.07, 6.45) is 1.02. The zero-order chi connectivity index (χ0) is 14.3. The van der Waals surface area contributed by atoms with Crippen LogP contribution in [-0.2, 0) is 4.74 Å². The van der Waals surface area contributed by atoms with Gasteiger partial charge in [0.15, 0.2) is 4.67 Å². The van der Waals surface area contributed by atoms with Crippen LogP contribution in [0.15, 0.2) is 21.2 Å². The Bertz CT molecular complexity index is 439. The average Bonchev–Trinajstić information content (AvgIpc) is 2.76. The molecule has 1 aliphatic heterocycles. The predicted molar refractivity (Wildman–Crippen MR) is 80.2 cm³/mol. The van der Waals surface area contributed by atoms with Gasteiger partial charge in [0, 0.05) is 5.92 Å². The number of halogens is 1. The molecule has 3 nitrogen and oxygen atoms in total. The van der Waals surface area contributed by atoms with Crippen molar-refractivity contribution < 1.29 is 9.15 Å². The molecular weight excluding hydrogens is 306 g/mol. The molecule has 0 saturated carbocycles. The molecule has 0 aromatic carbocycles. The third-order valence-corrected chi connectivity index (χ3v) is 4.30. The number of furan rings is 1. The molecule has 2 atom stereocenters. The molecule has 19 heavy (non-hydrogen) atoms. The molecule has 1 N–H and O–H groups in total. The molecule has 0 amide bonds. The van der Waals surface area contributed by atoms with Crippen molar-refractivity contribution in [3.63, 3.8) is 0 Å². The molecule has 0 radical (unpaired) electrons. The van der Waals surface area contributed by atoms with Crippen molar-refractivity contribution in [3.05, 3.63) is 22.6 Å². The summed E-state index contributed by atoms with van der Waals surface area (Å²) in [7, 11) is 0. The highest BCUT2D eigenvalue weighted by molar-refractivity contribution is 9.10. The molecule has 2 unspecified atom stereocenters. The predicted octanol–water partition coefficient (Wildman–Crippen LogP) is 4.29. The molecule has 2 heterocycles. The third kappa shape index (κ3) is 3.23. The first kappa shape index (κ1) is 15.1. The summed E-state index contributed by atoms with van der Waals surface area (Å²) in [5.41, 5.74) is -0.235. The average molecular weight is 330 g/mol. The van der Waals surface area contributed by atoms with Crippen molar-refractivity contribution in [2.75, 3.05) is 6.54 Å². The van der Waals surface area contributed by atoms with Crippen molar-refractivity contribution in [2.45, 2.75) is 58.3 Å². The number of ether oxygens (including phenoxy) is 1. The lowest BCUT2D eigenvalue weighted by Gasteiger charge is -2.32. The van der Waals surface area contributed by atoms with Gasteiger partial charge in [-0.15, -0.1) is 0 Å². The minimum absolute atomic E-state index is 0.0777. The SMILES string of the molecule is CCNC(c1ccc(Br)o1)C1CC(C)(C)OC1(C)C. The number of hydrogen-bond donors (Lipinski definition) is 1. The monoisotopic (exact) mass is 329 g/mol. The summed E-state index contributed by atoms with van der Waals surface area (Å²) in [4.78, 5) is 0. The number of hydrogen-bond acceptors (Lipinski definition) is 3. The fourth-order valence-electron chi connectivity index (χ4n) is 3.28. The fraction of sp³-hybridized carbons (Fsp3) is 0.733. The van der Waals surface area contributed by atoms with Gasteiger partial charge in [0.25, 0.3) is 0 Å². The van der Waals surface area contributed by atoms with Gasteiger partial charge in [0.05, 0.1) is 17.2 Å². The summed E-state index contributed by atoms with van der Waals surface area (Å²) in [5.74, 6) is 1.37. The van der Waals surface area contributed by atoms with Gasteiger partial charge in [-0.25, -0.2) is 0 Å². The van der Waals surface area contributed by atoms with Crippen molar-refractivity contribution in [1.29, 1.82) is 0 Å². The molecule has 1 fully saturated rings. The van der Waals surface area contributed by atoms with E-state index in [2.05, 4.69) is 55.9 Å². The van der Waals surface area contributed by atoms with E-state index in [1.807, 2.05) is 12.1 Å². The van der Waals surface area contributed by atoms with E-state index in [1.165, 1.54) is 0 Å². The Balaban J connectivity index is 2.29. The second-order valence-corrected chi connectivity index (χ2v) is 7.23. The van der Waals surface area contributed by atoms with Gasteiger partial charge < -0.3 is 14.5 Å². The van der Waals surface area contributed by atoms with Gasteiger partial charge in [-0.05, 0) is 68.7 Å². The van der Waals surface area contributed by atoms with E-state index in [9.17, 15) is 0 Å². The van der Waals surface area contributed by atoms with Crippen LogP contribution >= 0.6 is 15.9 Å². The second-order valence-electron chi connectivity index (χ2n) is 6.45. The first-order valence-corrected chi connectivity index (χ1v) is 7.73. The van der Waals surface area contributed by atoms with E-state index < -0.39 is 0 Å². The van der Waals surface area contributed by atoms with E-state index in [0.29, 0.717) is 5.92 Å². The maximum Gasteiger partial charge on any atom is 0.169 e. The highest BCUT2D eigenvalue weighted by Crippen LogP contribution is 2.47. The zero-order valence-electron chi connectivity index (χ0n) is 12.4. The molecule has 108 valence electrons. The molecule has 4 heteroatoms. The summed E-state index contributed by atoms with van der Waals surface area (Å²) < 4.78 is 12.8. The highest BCUT2D eigenvalue weighted by atomic mass is 79.9. The number of rotatable bonds is 4. The van der Waals surface area contributed by atoms with Gasteiger partial charge in [0.1, 0.15) is 5.76 Å². The van der Waals surface area contributed by atoms with E-state index in [4.69, 9.17) is 9.15 Å². The van der Waals surface area contributed by atoms with E-state index >= 15 is 0 Å². The Morgan fingerprint density at radius 1 is 1.37 bits per heavy atom. The Labute approximate surface area is 124 Å². The zero-order valence-corrected chi connectivity index (χ0v) is 14.0. The first-order valence-electron chi connectivity index (χ1n) is 6.94. The molecule has 0 bridgehead atoms. The lowest BCUT2D eigenvalue weighted by molar-refractivity contribution is -0.0784. The van der Waals surface area contributed by atoms with Gasteiger partial charge in [-0.3, -0.25) is 0 Å². The highest BCUT2D eigenvalue weighted by Gasteiger charge is 2.49. The van der Waals surface area contributed by atoms with Crippen LogP contribution in [0, 0.1) is 5.92 Å². The van der Waals surface area contributed by atoms with Crippen LogP contribution < -0.4 is 5.32 Å². The maximum atomic E-state index is 6.21. The molecule has 1 aliphatic rings. The first-order chi connectivity index (χ1) is 8.75. The molecule has 1 saturated heterocycles. The molecule has 2 rings (SSSR count). The van der Waals surface area contributed by atoms with Crippen molar-refractivity contribution >= 4 is 15.9 Å². The van der Waals surface area contributed by atoms with Gasteiger partial charge >= 0.3 is 0 Å². The largest absolute Gasteiger partial charge is 0.453 e. The topological polar surface area (TPSA) is 34.4 Å². The molecular formula is C15H24BrNO2. The van der Waals surface area contributed by atoms with Gasteiger partial charge in [0.2, 0.25) is 0 Å². The minimum Gasteiger partial charge on any atom is -0.453 e. The van der Waals surface area contributed by atoms with E-state index in [-0.39, 0.29) is 17.2 Å². The summed E-state index contributed by atoms with van der Waals surface area (Å²) >= 11 is 3.39. The molecule has 1 aromatic heterocycles. The lowest BCUT2D eigenvalue weighted by Crippen LogP contribution is -2.38. The van der Waals surface area contributed by atoms with Crippen molar-refractivity contribution in [3.8, 4) is 0 Å². The fourth-order valence-corrected chi connectivity index (χ4v) is 3.60. The Morgan fingerprint density at radius 3 is 2.47 bits per heavy atom. The second kappa shape index (κ2) is 5.23. The minimum atomic E-state index is -0.157. The summed E-state index contributed by atoms with van der Waals surface area (Å²) in [6.45, 7) is 11.7. The Kier molecular flexibility index (Phi) is 4.15. The van der Waals surface area contributed by atoms with Crippen LogP contribution in [0.1, 0.15) is 52.8 Å².